The molecule has 0 amide bonds. The molecule has 0 aromatic heterocycles. The van der Waals surface area contributed by atoms with Gasteiger partial charge in [-0.05, 0) is 31.6 Å². The summed E-state index contributed by atoms with van der Waals surface area (Å²) >= 11 is 0. The van der Waals surface area contributed by atoms with Gasteiger partial charge in [-0.1, -0.05) is 18.5 Å². The van der Waals surface area contributed by atoms with E-state index in [0.29, 0.717) is 49.7 Å². The molecule has 5 heteroatoms. The van der Waals surface area contributed by atoms with Crippen LogP contribution in [-0.4, -0.2) is 36.4 Å². The van der Waals surface area contributed by atoms with E-state index >= 15 is 0 Å². The highest BCUT2D eigenvalue weighted by Gasteiger charge is 2.35. The number of hydrogen-bond donors (Lipinski definition) is 1. The van der Waals surface area contributed by atoms with Gasteiger partial charge < -0.3 is 14.7 Å². The van der Waals surface area contributed by atoms with Crippen LogP contribution in [-0.2, 0) is 14.4 Å². The van der Waals surface area contributed by atoms with Gasteiger partial charge in [0.1, 0.15) is 12.4 Å². The molecule has 2 aliphatic rings. The molecule has 1 heterocycles. The fraction of sp³-hybridized carbons (Fsp3) is 0.750. The second-order valence-electron chi connectivity index (χ2n) is 5.74. The molecule has 0 spiro atoms. The number of nitrogens with zero attached hydrogens (tertiary/aromatic N) is 1. The fourth-order valence-corrected chi connectivity index (χ4v) is 3.10. The van der Waals surface area contributed by atoms with E-state index in [9.17, 15) is 9.90 Å². The largest absolute Gasteiger partial charge is 0.511 e. The molecule has 1 N–H and O–H groups in total. The molecule has 118 valence electrons. The second kappa shape index (κ2) is 7.59. The van der Waals surface area contributed by atoms with E-state index in [0.717, 1.165) is 19.4 Å². The quantitative estimate of drug-likeness (QED) is 0.604. The number of ketones is 1. The van der Waals surface area contributed by atoms with Gasteiger partial charge in [0.15, 0.2) is 5.78 Å². The Kier molecular flexibility index (Phi) is 5.79. The number of oxime groups is 1. The molecular weight excluding hydrogens is 270 g/mol. The third kappa shape index (κ3) is 3.84. The van der Waals surface area contributed by atoms with E-state index in [4.69, 9.17) is 9.57 Å². The average molecular weight is 295 g/mol. The minimum atomic E-state index is -0.0115. The molecular formula is C16H25NO4. The number of carbonyl (C=O) groups excluding carboxylic acids is 1. The summed E-state index contributed by atoms with van der Waals surface area (Å²) in [5.41, 5.74) is 0.975. The predicted molar refractivity (Wildman–Crippen MR) is 80.3 cm³/mol. The Morgan fingerprint density at radius 2 is 2.19 bits per heavy atom. The first-order chi connectivity index (χ1) is 10.2. The lowest BCUT2D eigenvalue weighted by atomic mass is 9.77. The van der Waals surface area contributed by atoms with Gasteiger partial charge in [-0.25, -0.2) is 0 Å². The number of allylic oxidation sites excluding steroid dienone is 2. The highest BCUT2D eigenvalue weighted by Crippen LogP contribution is 2.35. The Morgan fingerprint density at radius 1 is 1.38 bits per heavy atom. The van der Waals surface area contributed by atoms with Gasteiger partial charge in [-0.3, -0.25) is 4.79 Å². The lowest BCUT2D eigenvalue weighted by Gasteiger charge is -2.27. The molecule has 0 saturated carbocycles. The van der Waals surface area contributed by atoms with Crippen molar-refractivity contribution in [1.82, 2.24) is 0 Å². The van der Waals surface area contributed by atoms with Gasteiger partial charge in [0, 0.05) is 26.1 Å². The molecule has 2 rings (SSSR count). The van der Waals surface area contributed by atoms with Gasteiger partial charge in [-0.2, -0.15) is 0 Å². The van der Waals surface area contributed by atoms with Crippen molar-refractivity contribution in [3.63, 3.8) is 0 Å². The number of aliphatic hydroxyl groups excluding tert-OH is 1. The number of hydrogen-bond acceptors (Lipinski definition) is 5. The highest BCUT2D eigenvalue weighted by atomic mass is 16.6. The molecule has 0 aromatic carbocycles. The van der Waals surface area contributed by atoms with Crippen molar-refractivity contribution in [3.05, 3.63) is 11.3 Å². The van der Waals surface area contributed by atoms with Crippen LogP contribution in [0, 0.1) is 11.8 Å². The van der Waals surface area contributed by atoms with Gasteiger partial charge in [0.2, 0.25) is 0 Å². The molecule has 1 aliphatic carbocycles. The maximum absolute atomic E-state index is 12.5. The third-order valence-electron chi connectivity index (χ3n) is 4.18. The molecule has 2 unspecified atom stereocenters. The Balaban J connectivity index is 2.17. The van der Waals surface area contributed by atoms with Gasteiger partial charge in [-0.15, -0.1) is 0 Å². The Morgan fingerprint density at radius 3 is 2.76 bits per heavy atom. The Labute approximate surface area is 126 Å². The van der Waals surface area contributed by atoms with Gasteiger partial charge in [0.25, 0.3) is 0 Å². The van der Waals surface area contributed by atoms with Crippen molar-refractivity contribution < 1.29 is 19.5 Å². The maximum Gasteiger partial charge on any atom is 0.168 e. The summed E-state index contributed by atoms with van der Waals surface area (Å²) in [5, 5.41) is 14.4. The molecule has 2 atom stereocenters. The summed E-state index contributed by atoms with van der Waals surface area (Å²) in [5.74, 6) is 0.743. The average Bonchev–Trinajstić information content (AvgIpc) is 2.98. The van der Waals surface area contributed by atoms with Gasteiger partial charge in [0.05, 0.1) is 11.3 Å². The molecule has 1 fully saturated rings. The third-order valence-corrected chi connectivity index (χ3v) is 4.18. The first-order valence-electron chi connectivity index (χ1n) is 7.89. The maximum atomic E-state index is 12.5. The van der Waals surface area contributed by atoms with Crippen LogP contribution in [0.4, 0.5) is 0 Å². The van der Waals surface area contributed by atoms with Crippen LogP contribution in [0.3, 0.4) is 0 Å². The minimum Gasteiger partial charge on any atom is -0.511 e. The normalized spacial score (nSPS) is 27.3. The van der Waals surface area contributed by atoms with Crippen molar-refractivity contribution in [1.29, 1.82) is 0 Å². The van der Waals surface area contributed by atoms with E-state index in [1.165, 1.54) is 0 Å². The van der Waals surface area contributed by atoms with Crippen molar-refractivity contribution in [2.24, 2.45) is 17.0 Å². The highest BCUT2D eigenvalue weighted by molar-refractivity contribution is 6.23. The van der Waals surface area contributed by atoms with Gasteiger partial charge >= 0.3 is 0 Å². The summed E-state index contributed by atoms with van der Waals surface area (Å²) in [6.45, 7) is 5.79. The summed E-state index contributed by atoms with van der Waals surface area (Å²) in [6, 6.07) is 0. The summed E-state index contributed by atoms with van der Waals surface area (Å²) in [7, 11) is 0. The van der Waals surface area contributed by atoms with E-state index in [2.05, 4.69) is 5.16 Å². The zero-order valence-electron chi connectivity index (χ0n) is 12.9. The van der Waals surface area contributed by atoms with E-state index < -0.39 is 0 Å². The molecule has 0 aromatic rings. The Bertz CT molecular complexity index is 436. The van der Waals surface area contributed by atoms with Crippen LogP contribution in [0.1, 0.15) is 46.0 Å². The van der Waals surface area contributed by atoms with Crippen LogP contribution >= 0.6 is 0 Å². The van der Waals surface area contributed by atoms with Crippen LogP contribution in [0.15, 0.2) is 16.5 Å². The Hall–Kier alpha value is -1.36. The van der Waals surface area contributed by atoms with Crippen molar-refractivity contribution >= 4 is 11.5 Å². The zero-order valence-corrected chi connectivity index (χ0v) is 12.9. The van der Waals surface area contributed by atoms with Crippen molar-refractivity contribution in [2.75, 3.05) is 19.8 Å². The summed E-state index contributed by atoms with van der Waals surface area (Å²) < 4.78 is 5.39. The molecule has 21 heavy (non-hydrogen) atoms. The van der Waals surface area contributed by atoms with Crippen molar-refractivity contribution in [2.45, 2.75) is 46.0 Å². The minimum absolute atomic E-state index is 0.0115. The topological polar surface area (TPSA) is 68.1 Å². The molecule has 1 aliphatic heterocycles. The number of rotatable bonds is 6. The predicted octanol–water partition coefficient (Wildman–Crippen LogP) is 3.01. The number of ether oxygens (including phenoxy) is 1. The first-order valence-corrected chi connectivity index (χ1v) is 7.89. The van der Waals surface area contributed by atoms with Crippen LogP contribution in [0.5, 0.6) is 0 Å². The van der Waals surface area contributed by atoms with E-state index in [-0.39, 0.29) is 17.5 Å². The van der Waals surface area contributed by atoms with E-state index in [1.54, 1.807) is 0 Å². The smallest absolute Gasteiger partial charge is 0.168 e. The summed E-state index contributed by atoms with van der Waals surface area (Å²) in [6.07, 6.45) is 3.50. The van der Waals surface area contributed by atoms with E-state index in [1.807, 2.05) is 13.8 Å². The van der Waals surface area contributed by atoms with Crippen LogP contribution in [0.25, 0.3) is 0 Å². The molecule has 0 radical (unpaired) electrons. The number of carbonyl (C=O) groups is 1. The standard InChI is InChI=1S/C16H25NO4/c1-3-5-13(17-21-4-2)16-14(18)8-12(9-15(16)19)11-6-7-20-10-11/h11-12,18H,3-10H2,1-2H3. The lowest BCUT2D eigenvalue weighted by molar-refractivity contribution is -0.117. The van der Waals surface area contributed by atoms with Crippen molar-refractivity contribution in [3.8, 4) is 0 Å². The monoisotopic (exact) mass is 295 g/mol. The molecule has 5 nitrogen and oxygen atoms in total. The summed E-state index contributed by atoms with van der Waals surface area (Å²) in [4.78, 5) is 17.6. The lowest BCUT2D eigenvalue weighted by Crippen LogP contribution is -2.29. The first kappa shape index (κ1) is 16.0. The van der Waals surface area contributed by atoms with Crippen LogP contribution < -0.4 is 0 Å². The number of aliphatic hydroxyl groups is 1. The number of Topliss-reactive ketones (excluding diaryl/α,β-unsaturated/α-hetero) is 1. The SMILES string of the molecule is CCCC(=NOCC)C1=C(O)CC(C2CCOC2)CC1=O. The zero-order chi connectivity index (χ0) is 15.2. The second-order valence-corrected chi connectivity index (χ2v) is 5.74. The molecule has 0 bridgehead atoms. The fourth-order valence-electron chi connectivity index (χ4n) is 3.10. The molecule has 1 saturated heterocycles. The van der Waals surface area contributed by atoms with Crippen LogP contribution in [0.2, 0.25) is 0 Å².